The van der Waals surface area contributed by atoms with Crippen LogP contribution in [0.2, 0.25) is 0 Å². The highest BCUT2D eigenvalue weighted by Crippen LogP contribution is 2.31. The predicted octanol–water partition coefficient (Wildman–Crippen LogP) is 1.92. The van der Waals surface area contributed by atoms with E-state index in [1.165, 1.54) is 18.1 Å². The fourth-order valence-corrected chi connectivity index (χ4v) is 1.88. The maximum atomic E-state index is 9.61. The largest absolute Gasteiger partial charge is 0.504 e. The molecule has 0 saturated heterocycles. The minimum Gasteiger partial charge on any atom is -0.504 e. The van der Waals surface area contributed by atoms with Crippen molar-refractivity contribution in [2.24, 2.45) is 0 Å². The minimum atomic E-state index is 0.238. The molecule has 0 fully saturated rings. The number of phenols is 1. The number of methoxy groups -OCH3 is 1. The number of benzene rings is 1. The summed E-state index contributed by atoms with van der Waals surface area (Å²) in [7, 11) is 3.67. The first-order valence-electron chi connectivity index (χ1n) is 5.50. The minimum absolute atomic E-state index is 0.238. The van der Waals surface area contributed by atoms with Gasteiger partial charge in [0.05, 0.1) is 13.2 Å². The lowest BCUT2D eigenvalue weighted by molar-refractivity contribution is 0.309. The Hall–Kier alpha value is -1.73. The zero-order valence-electron chi connectivity index (χ0n) is 10.5. The second-order valence-corrected chi connectivity index (χ2v) is 4.00. The molecule has 1 aliphatic rings. The number of fused-ring (bicyclic) bond motifs is 1. The molecule has 0 aromatic heterocycles. The molecule has 4 nitrogen and oxygen atoms in total. The van der Waals surface area contributed by atoms with Crippen LogP contribution in [0.1, 0.15) is 18.1 Å². The summed E-state index contributed by atoms with van der Waals surface area (Å²) in [5, 5.41) is 16.9. The summed E-state index contributed by atoms with van der Waals surface area (Å²) in [5.41, 5.74) is 2.50. The van der Waals surface area contributed by atoms with Crippen LogP contribution in [0.4, 0.5) is 0 Å². The third-order valence-corrected chi connectivity index (χ3v) is 2.70. The zero-order valence-corrected chi connectivity index (χ0v) is 10.5. The molecule has 0 unspecified atom stereocenters. The van der Waals surface area contributed by atoms with Crippen LogP contribution in [-0.4, -0.2) is 30.7 Å². The van der Waals surface area contributed by atoms with Gasteiger partial charge in [-0.25, -0.2) is 0 Å². The highest BCUT2D eigenvalue weighted by molar-refractivity contribution is 5.47. The normalized spacial score (nSPS) is 14.0. The van der Waals surface area contributed by atoms with Crippen LogP contribution in [0, 0.1) is 11.3 Å². The smallest absolute Gasteiger partial charge is 0.160 e. The van der Waals surface area contributed by atoms with Crippen molar-refractivity contribution in [2.75, 3.05) is 20.7 Å². The van der Waals surface area contributed by atoms with Gasteiger partial charge in [0.25, 0.3) is 0 Å². The van der Waals surface area contributed by atoms with Crippen molar-refractivity contribution in [2.45, 2.75) is 19.9 Å². The van der Waals surface area contributed by atoms with E-state index < -0.39 is 0 Å². The molecule has 4 heteroatoms. The number of ether oxygens (including phenoxy) is 1. The summed E-state index contributed by atoms with van der Waals surface area (Å²) in [4.78, 5) is 2.24. The quantitative estimate of drug-likeness (QED) is 0.806. The average Bonchev–Trinajstić information content (AvgIpc) is 2.29. The Kier molecular flexibility index (Phi) is 4.80. The van der Waals surface area contributed by atoms with Gasteiger partial charge in [0.2, 0.25) is 0 Å². The Labute approximate surface area is 102 Å². The molecule has 1 heterocycles. The van der Waals surface area contributed by atoms with E-state index in [4.69, 9.17) is 10.00 Å². The first kappa shape index (κ1) is 13.3. The number of nitriles is 1. The third kappa shape index (κ3) is 3.36. The number of aromatic hydroxyl groups is 1. The van der Waals surface area contributed by atoms with E-state index in [9.17, 15) is 5.11 Å². The second kappa shape index (κ2) is 6.12. The predicted molar refractivity (Wildman–Crippen MR) is 66.0 cm³/mol. The lowest BCUT2D eigenvalue weighted by Gasteiger charge is -2.25. The van der Waals surface area contributed by atoms with Crippen molar-refractivity contribution < 1.29 is 9.84 Å². The van der Waals surface area contributed by atoms with Crippen LogP contribution >= 0.6 is 0 Å². The Morgan fingerprint density at radius 3 is 2.65 bits per heavy atom. The molecular formula is C13H18N2O2. The monoisotopic (exact) mass is 234 g/mol. The van der Waals surface area contributed by atoms with Gasteiger partial charge in [-0.3, -0.25) is 0 Å². The topological polar surface area (TPSA) is 56.5 Å². The van der Waals surface area contributed by atoms with Gasteiger partial charge in [-0.05, 0) is 36.7 Å². The van der Waals surface area contributed by atoms with Crippen LogP contribution in [0.5, 0.6) is 11.5 Å². The van der Waals surface area contributed by atoms with Gasteiger partial charge in [-0.1, -0.05) is 0 Å². The summed E-state index contributed by atoms with van der Waals surface area (Å²) in [6.45, 7) is 3.41. The van der Waals surface area contributed by atoms with Crippen molar-refractivity contribution in [3.8, 4) is 17.6 Å². The van der Waals surface area contributed by atoms with Gasteiger partial charge in [0, 0.05) is 20.0 Å². The number of hydrogen-bond acceptors (Lipinski definition) is 4. The fraction of sp³-hybridized carbons (Fsp3) is 0.462. The molecule has 0 radical (unpaired) electrons. The Morgan fingerprint density at radius 2 is 2.06 bits per heavy atom. The maximum Gasteiger partial charge on any atom is 0.160 e. The highest BCUT2D eigenvalue weighted by atomic mass is 16.5. The maximum absolute atomic E-state index is 9.61. The SMILES string of the molecule is CC#N.COc1cc2c(cc1O)CN(C)CC2. The molecule has 0 aliphatic carbocycles. The second-order valence-electron chi connectivity index (χ2n) is 4.00. The van der Waals surface area contributed by atoms with Gasteiger partial charge >= 0.3 is 0 Å². The molecule has 0 amide bonds. The molecule has 0 atom stereocenters. The molecule has 1 N–H and O–H groups in total. The van der Waals surface area contributed by atoms with E-state index in [0.717, 1.165) is 19.5 Å². The van der Waals surface area contributed by atoms with Gasteiger partial charge in [-0.15, -0.1) is 0 Å². The van der Waals surface area contributed by atoms with Gasteiger partial charge < -0.3 is 14.7 Å². The number of nitrogens with zero attached hydrogens (tertiary/aromatic N) is 2. The van der Waals surface area contributed by atoms with Gasteiger partial charge in [0.1, 0.15) is 0 Å². The molecule has 0 saturated carbocycles. The first-order valence-corrected chi connectivity index (χ1v) is 5.50. The molecule has 1 aliphatic heterocycles. The van der Waals surface area contributed by atoms with Crippen molar-refractivity contribution in [3.63, 3.8) is 0 Å². The van der Waals surface area contributed by atoms with Crippen LogP contribution in [0.15, 0.2) is 12.1 Å². The molecular weight excluding hydrogens is 216 g/mol. The van der Waals surface area contributed by atoms with Crippen LogP contribution in [-0.2, 0) is 13.0 Å². The van der Waals surface area contributed by atoms with Crippen molar-refractivity contribution in [3.05, 3.63) is 23.3 Å². The number of hydrogen-bond donors (Lipinski definition) is 1. The van der Waals surface area contributed by atoms with E-state index in [2.05, 4.69) is 11.9 Å². The summed E-state index contributed by atoms with van der Waals surface area (Å²) < 4.78 is 5.07. The molecule has 92 valence electrons. The van der Waals surface area contributed by atoms with E-state index in [1.54, 1.807) is 13.2 Å². The molecule has 0 bridgehead atoms. The number of likely N-dealkylation sites (N-methyl/N-ethyl adjacent to an activating group) is 1. The number of phenolic OH excluding ortho intramolecular Hbond substituents is 1. The van der Waals surface area contributed by atoms with Crippen molar-refractivity contribution in [1.29, 1.82) is 5.26 Å². The van der Waals surface area contributed by atoms with Gasteiger partial charge in [-0.2, -0.15) is 5.26 Å². The molecule has 17 heavy (non-hydrogen) atoms. The van der Waals surface area contributed by atoms with E-state index >= 15 is 0 Å². The lowest BCUT2D eigenvalue weighted by atomic mass is 9.99. The van der Waals surface area contributed by atoms with Crippen molar-refractivity contribution in [1.82, 2.24) is 4.90 Å². The molecule has 0 spiro atoms. The fourth-order valence-electron chi connectivity index (χ4n) is 1.88. The Balaban J connectivity index is 0.000000437. The lowest BCUT2D eigenvalue weighted by Crippen LogP contribution is -2.26. The Bertz CT molecular complexity index is 424. The van der Waals surface area contributed by atoms with E-state index in [-0.39, 0.29) is 5.75 Å². The summed E-state index contributed by atoms with van der Waals surface area (Å²) in [6.07, 6.45) is 1.03. The Morgan fingerprint density at radius 1 is 1.41 bits per heavy atom. The summed E-state index contributed by atoms with van der Waals surface area (Å²) >= 11 is 0. The first-order chi connectivity index (χ1) is 8.12. The summed E-state index contributed by atoms with van der Waals surface area (Å²) in [6, 6.07) is 5.50. The molecule has 1 aromatic rings. The standard InChI is InChI=1S/C11H15NO2.C2H3N/c1-12-4-3-8-6-11(14-2)10(13)5-9(8)7-12;1-2-3/h5-6,13H,3-4,7H2,1-2H3;1H3. The number of rotatable bonds is 1. The van der Waals surface area contributed by atoms with E-state index in [1.807, 2.05) is 12.1 Å². The van der Waals surface area contributed by atoms with E-state index in [0.29, 0.717) is 5.75 Å². The van der Waals surface area contributed by atoms with Gasteiger partial charge in [0.15, 0.2) is 11.5 Å². The average molecular weight is 234 g/mol. The van der Waals surface area contributed by atoms with Crippen LogP contribution < -0.4 is 4.74 Å². The highest BCUT2D eigenvalue weighted by Gasteiger charge is 2.15. The van der Waals surface area contributed by atoms with Crippen LogP contribution in [0.3, 0.4) is 0 Å². The third-order valence-electron chi connectivity index (χ3n) is 2.70. The molecule has 1 aromatic carbocycles. The van der Waals surface area contributed by atoms with Crippen LogP contribution in [0.25, 0.3) is 0 Å². The van der Waals surface area contributed by atoms with Crippen molar-refractivity contribution >= 4 is 0 Å². The zero-order chi connectivity index (χ0) is 12.8. The summed E-state index contributed by atoms with van der Waals surface area (Å²) in [5.74, 6) is 0.815. The molecule has 2 rings (SSSR count).